The van der Waals surface area contributed by atoms with Gasteiger partial charge in [0, 0.05) is 37.5 Å². The van der Waals surface area contributed by atoms with E-state index in [2.05, 4.69) is 0 Å². The van der Waals surface area contributed by atoms with Crippen LogP contribution >= 0.6 is 0 Å². The van der Waals surface area contributed by atoms with Gasteiger partial charge in [-0.3, -0.25) is 20.2 Å². The highest BCUT2D eigenvalue weighted by Crippen LogP contribution is 2.09. The molecular weight excluding hydrogens is 232 g/mol. The van der Waals surface area contributed by atoms with E-state index in [-0.39, 0.29) is 20.0 Å². The summed E-state index contributed by atoms with van der Waals surface area (Å²) in [6.45, 7) is 5.27. The van der Waals surface area contributed by atoms with Crippen LogP contribution in [-0.4, -0.2) is 40.9 Å². The smallest absolute Gasteiger partial charge is 0.239 e. The van der Waals surface area contributed by atoms with Gasteiger partial charge in [0.05, 0.1) is 0 Å². The van der Waals surface area contributed by atoms with Crippen LogP contribution < -0.4 is 0 Å². The Bertz CT molecular complexity index is 261. The summed E-state index contributed by atoms with van der Waals surface area (Å²) in [5.41, 5.74) is -2.38. The van der Waals surface area contributed by atoms with Gasteiger partial charge in [0.2, 0.25) is 11.1 Å². The van der Waals surface area contributed by atoms with Crippen molar-refractivity contribution in [3.8, 4) is 0 Å². The zero-order valence-corrected chi connectivity index (χ0v) is 10.5. The molecule has 100 valence electrons. The fourth-order valence-electron chi connectivity index (χ4n) is 0.747. The Morgan fingerprint density at radius 1 is 0.882 bits per heavy atom. The maximum atomic E-state index is 10.5. The van der Waals surface area contributed by atoms with Crippen LogP contribution in [0.5, 0.6) is 0 Å². The molecule has 0 aliphatic carbocycles. The lowest BCUT2D eigenvalue weighted by atomic mass is 10.1. The Morgan fingerprint density at radius 3 is 1.41 bits per heavy atom. The average molecular weight is 250 g/mol. The van der Waals surface area contributed by atoms with E-state index in [0.717, 1.165) is 0 Å². The fourth-order valence-corrected chi connectivity index (χ4v) is 0.747. The molecule has 0 aromatic carbocycles. The van der Waals surface area contributed by atoms with Crippen molar-refractivity contribution in [2.75, 3.05) is 20.0 Å². The van der Waals surface area contributed by atoms with Crippen molar-refractivity contribution in [2.45, 2.75) is 38.8 Å². The summed E-state index contributed by atoms with van der Waals surface area (Å²) < 4.78 is 9.90. The van der Waals surface area contributed by atoms with Crippen LogP contribution in [0.1, 0.15) is 27.7 Å². The highest BCUT2D eigenvalue weighted by molar-refractivity contribution is 4.66. The van der Waals surface area contributed by atoms with Crippen molar-refractivity contribution >= 4 is 0 Å². The Morgan fingerprint density at radius 2 is 1.18 bits per heavy atom. The van der Waals surface area contributed by atoms with Gasteiger partial charge >= 0.3 is 0 Å². The summed E-state index contributed by atoms with van der Waals surface area (Å²) >= 11 is 0. The molecule has 0 aromatic rings. The van der Waals surface area contributed by atoms with Gasteiger partial charge in [-0.2, -0.15) is 0 Å². The average Bonchev–Trinajstić information content (AvgIpc) is 2.16. The van der Waals surface area contributed by atoms with Crippen molar-refractivity contribution in [3.05, 3.63) is 20.2 Å². The zero-order valence-electron chi connectivity index (χ0n) is 10.5. The summed E-state index contributed by atoms with van der Waals surface area (Å²) in [6.07, 6.45) is 0. The lowest BCUT2D eigenvalue weighted by molar-refractivity contribution is -0.569. The Kier molecular flexibility index (Phi) is 5.43. The first kappa shape index (κ1) is 15.7. The Balaban J connectivity index is 3.81. The van der Waals surface area contributed by atoms with Gasteiger partial charge < -0.3 is 9.47 Å². The predicted molar refractivity (Wildman–Crippen MR) is 58.9 cm³/mol. The number of ether oxygens (including phenoxy) is 2. The monoisotopic (exact) mass is 250 g/mol. The normalized spacial score (nSPS) is 12.5. The zero-order chi connectivity index (χ0) is 13.7. The van der Waals surface area contributed by atoms with Crippen molar-refractivity contribution in [2.24, 2.45) is 0 Å². The molecule has 0 saturated carbocycles. The van der Waals surface area contributed by atoms with Crippen LogP contribution in [0.15, 0.2) is 0 Å². The maximum Gasteiger partial charge on any atom is 0.239 e. The molecule has 0 fully saturated rings. The first-order valence-corrected chi connectivity index (χ1v) is 5.04. The number of rotatable bonds is 8. The van der Waals surface area contributed by atoms with Crippen molar-refractivity contribution in [1.29, 1.82) is 0 Å². The van der Waals surface area contributed by atoms with E-state index >= 15 is 0 Å². The lowest BCUT2D eigenvalue weighted by Gasteiger charge is -2.17. The van der Waals surface area contributed by atoms with E-state index in [1.165, 1.54) is 27.7 Å². The molecule has 0 N–H and O–H groups in total. The second kappa shape index (κ2) is 5.87. The van der Waals surface area contributed by atoms with Crippen LogP contribution in [0.2, 0.25) is 0 Å². The molecule has 8 nitrogen and oxygen atoms in total. The first-order valence-electron chi connectivity index (χ1n) is 5.04. The SMILES string of the molecule is CC(C)(COCOCC(C)(C)[N+](=O)[O-])[N+](=O)[O-]. The molecule has 0 heterocycles. The molecular formula is C9H18N2O6. The molecule has 0 aromatic heterocycles. The van der Waals surface area contributed by atoms with Gasteiger partial charge in [0.15, 0.2) is 0 Å². The van der Waals surface area contributed by atoms with Crippen molar-refractivity contribution < 1.29 is 19.3 Å². The Hall–Kier alpha value is -1.28. The molecule has 8 heteroatoms. The Labute approximate surface area is 99.2 Å². The molecule has 0 atom stereocenters. The third-order valence-corrected chi connectivity index (χ3v) is 2.07. The molecule has 0 unspecified atom stereocenters. The van der Waals surface area contributed by atoms with Crippen LogP contribution in [-0.2, 0) is 9.47 Å². The number of hydrogen-bond acceptors (Lipinski definition) is 6. The standard InChI is InChI=1S/C9H18N2O6/c1-8(2,10(12)13)5-16-7-17-6-9(3,4)11(14)15/h5-7H2,1-4H3. The predicted octanol–water partition coefficient (Wildman–Crippen LogP) is 1.09. The number of hydrogen-bond donors (Lipinski definition) is 0. The van der Waals surface area contributed by atoms with E-state index in [0.29, 0.717) is 0 Å². The quantitative estimate of drug-likeness (QED) is 0.276. The van der Waals surface area contributed by atoms with Gasteiger partial charge in [-0.25, -0.2) is 0 Å². The highest BCUT2D eigenvalue weighted by Gasteiger charge is 2.32. The summed E-state index contributed by atoms with van der Waals surface area (Å²) in [5, 5.41) is 21.1. The minimum absolute atomic E-state index is 0.112. The molecule has 0 radical (unpaired) electrons. The molecule has 17 heavy (non-hydrogen) atoms. The van der Waals surface area contributed by atoms with E-state index in [1.54, 1.807) is 0 Å². The summed E-state index contributed by atoms with van der Waals surface area (Å²) in [5.74, 6) is 0. The van der Waals surface area contributed by atoms with Crippen molar-refractivity contribution in [1.82, 2.24) is 0 Å². The molecule has 0 spiro atoms. The third-order valence-electron chi connectivity index (χ3n) is 2.07. The minimum atomic E-state index is -1.19. The van der Waals surface area contributed by atoms with E-state index in [1.807, 2.05) is 0 Å². The minimum Gasteiger partial charge on any atom is -0.348 e. The topological polar surface area (TPSA) is 105 Å². The van der Waals surface area contributed by atoms with E-state index in [4.69, 9.17) is 9.47 Å². The largest absolute Gasteiger partial charge is 0.348 e. The van der Waals surface area contributed by atoms with Crippen LogP contribution in [0.3, 0.4) is 0 Å². The summed E-state index contributed by atoms with van der Waals surface area (Å²) in [4.78, 5) is 20.2. The van der Waals surface area contributed by atoms with Gasteiger partial charge in [-0.05, 0) is 0 Å². The van der Waals surface area contributed by atoms with Crippen LogP contribution in [0, 0.1) is 20.2 Å². The van der Waals surface area contributed by atoms with Gasteiger partial charge in [0.1, 0.15) is 20.0 Å². The van der Waals surface area contributed by atoms with Gasteiger partial charge in [-0.1, -0.05) is 0 Å². The molecule has 0 aliphatic heterocycles. The van der Waals surface area contributed by atoms with Gasteiger partial charge in [-0.15, -0.1) is 0 Å². The molecule has 0 aliphatic rings. The van der Waals surface area contributed by atoms with E-state index < -0.39 is 20.9 Å². The molecule has 0 amide bonds. The first-order chi connectivity index (χ1) is 7.59. The highest BCUT2D eigenvalue weighted by atomic mass is 16.7. The van der Waals surface area contributed by atoms with E-state index in [9.17, 15) is 20.2 Å². The summed E-state index contributed by atoms with van der Waals surface area (Å²) in [7, 11) is 0. The molecule has 0 rings (SSSR count). The molecule has 0 saturated heterocycles. The summed E-state index contributed by atoms with van der Waals surface area (Å²) in [6, 6.07) is 0. The van der Waals surface area contributed by atoms with Gasteiger partial charge in [0.25, 0.3) is 0 Å². The van der Waals surface area contributed by atoms with Crippen LogP contribution in [0.25, 0.3) is 0 Å². The van der Waals surface area contributed by atoms with Crippen molar-refractivity contribution in [3.63, 3.8) is 0 Å². The fraction of sp³-hybridized carbons (Fsp3) is 1.00. The second-order valence-corrected chi connectivity index (χ2v) is 4.95. The number of nitro groups is 2. The number of nitrogens with zero attached hydrogens (tertiary/aromatic N) is 2. The second-order valence-electron chi connectivity index (χ2n) is 4.95. The molecule has 0 bridgehead atoms. The van der Waals surface area contributed by atoms with Crippen LogP contribution in [0.4, 0.5) is 0 Å². The maximum absolute atomic E-state index is 10.5. The third kappa shape index (κ3) is 5.55. The lowest BCUT2D eigenvalue weighted by Crippen LogP contribution is -2.38.